The summed E-state index contributed by atoms with van der Waals surface area (Å²) in [6.45, 7) is 2.17. The summed E-state index contributed by atoms with van der Waals surface area (Å²) in [5.74, 6) is 0.744. The Morgan fingerprint density at radius 2 is 2.50 bits per heavy atom. The number of nitrogen functional groups attached to an aromatic ring is 1. The van der Waals surface area contributed by atoms with E-state index < -0.39 is 0 Å². The van der Waals surface area contributed by atoms with Crippen LogP contribution < -0.4 is 16.6 Å². The standard InChI is InChI=1S/C10H15N3O/c1-2-6-5-8(6)13-7-3-4-12-10(14)9(7)11/h3-4,6,8H,2,5,11H2,1H3,(H2,12,13,14). The van der Waals surface area contributed by atoms with E-state index in [2.05, 4.69) is 17.2 Å². The maximum absolute atomic E-state index is 11.2. The minimum absolute atomic E-state index is 0.219. The Labute approximate surface area is 82.5 Å². The first-order chi connectivity index (χ1) is 6.72. The molecule has 1 heterocycles. The molecule has 2 rings (SSSR count). The molecule has 0 radical (unpaired) electrons. The number of hydrogen-bond acceptors (Lipinski definition) is 3. The average molecular weight is 193 g/mol. The SMILES string of the molecule is CCC1CC1Nc1cc[nH]c(=O)c1N. The fourth-order valence-electron chi connectivity index (χ4n) is 1.69. The summed E-state index contributed by atoms with van der Waals surface area (Å²) in [4.78, 5) is 13.7. The van der Waals surface area contributed by atoms with Crippen LogP contribution in [0.15, 0.2) is 17.1 Å². The number of rotatable bonds is 3. The molecule has 1 aromatic heterocycles. The van der Waals surface area contributed by atoms with Crippen molar-refractivity contribution in [2.45, 2.75) is 25.8 Å². The minimum atomic E-state index is -0.219. The lowest BCUT2D eigenvalue weighted by Crippen LogP contribution is -2.15. The zero-order valence-electron chi connectivity index (χ0n) is 8.21. The van der Waals surface area contributed by atoms with Crippen LogP contribution in [0.2, 0.25) is 0 Å². The predicted octanol–water partition coefficient (Wildman–Crippen LogP) is 1.17. The van der Waals surface area contributed by atoms with Gasteiger partial charge in [-0.25, -0.2) is 0 Å². The molecule has 1 saturated carbocycles. The number of aromatic amines is 1. The van der Waals surface area contributed by atoms with E-state index in [9.17, 15) is 4.79 Å². The fourth-order valence-corrected chi connectivity index (χ4v) is 1.69. The van der Waals surface area contributed by atoms with Gasteiger partial charge < -0.3 is 16.0 Å². The zero-order valence-corrected chi connectivity index (χ0v) is 8.21. The molecule has 14 heavy (non-hydrogen) atoms. The molecule has 0 saturated heterocycles. The molecular weight excluding hydrogens is 178 g/mol. The number of anilines is 2. The first kappa shape index (κ1) is 9.12. The number of pyridine rings is 1. The summed E-state index contributed by atoms with van der Waals surface area (Å²) in [5, 5.41) is 3.28. The zero-order chi connectivity index (χ0) is 10.1. The number of hydrogen-bond donors (Lipinski definition) is 3. The van der Waals surface area contributed by atoms with Gasteiger partial charge in [-0.1, -0.05) is 13.3 Å². The van der Waals surface area contributed by atoms with Crippen LogP contribution in [0, 0.1) is 5.92 Å². The second-order valence-electron chi connectivity index (χ2n) is 3.79. The largest absolute Gasteiger partial charge is 0.393 e. The third kappa shape index (κ3) is 1.60. The van der Waals surface area contributed by atoms with Gasteiger partial charge in [-0.3, -0.25) is 4.79 Å². The van der Waals surface area contributed by atoms with Crippen LogP contribution in [-0.2, 0) is 0 Å². The van der Waals surface area contributed by atoms with Crippen molar-refractivity contribution in [1.82, 2.24) is 4.98 Å². The summed E-state index contributed by atoms with van der Waals surface area (Å²) >= 11 is 0. The first-order valence-electron chi connectivity index (χ1n) is 4.96. The Kier molecular flexibility index (Phi) is 2.19. The molecule has 76 valence electrons. The van der Waals surface area contributed by atoms with Gasteiger partial charge in [0.15, 0.2) is 0 Å². The fraction of sp³-hybridized carbons (Fsp3) is 0.500. The van der Waals surface area contributed by atoms with Gasteiger partial charge in [0.25, 0.3) is 5.56 Å². The van der Waals surface area contributed by atoms with E-state index in [1.807, 2.05) is 6.07 Å². The van der Waals surface area contributed by atoms with Crippen LogP contribution in [0.3, 0.4) is 0 Å². The smallest absolute Gasteiger partial charge is 0.273 e. The quantitative estimate of drug-likeness (QED) is 0.674. The van der Waals surface area contributed by atoms with Gasteiger partial charge in [0, 0.05) is 12.2 Å². The molecule has 4 N–H and O–H groups in total. The van der Waals surface area contributed by atoms with Crippen molar-refractivity contribution in [3.05, 3.63) is 22.6 Å². The molecule has 0 spiro atoms. The topological polar surface area (TPSA) is 70.9 Å². The van der Waals surface area contributed by atoms with Crippen LogP contribution in [0.4, 0.5) is 11.4 Å². The highest BCUT2D eigenvalue weighted by Gasteiger charge is 2.35. The van der Waals surface area contributed by atoms with E-state index in [1.54, 1.807) is 6.20 Å². The number of H-pyrrole nitrogens is 1. The third-order valence-electron chi connectivity index (χ3n) is 2.79. The summed E-state index contributed by atoms with van der Waals surface area (Å²) in [7, 11) is 0. The molecule has 0 amide bonds. The molecule has 1 aliphatic carbocycles. The molecule has 1 aliphatic rings. The molecule has 4 nitrogen and oxygen atoms in total. The van der Waals surface area contributed by atoms with Crippen molar-refractivity contribution >= 4 is 11.4 Å². The van der Waals surface area contributed by atoms with Crippen molar-refractivity contribution < 1.29 is 0 Å². The van der Waals surface area contributed by atoms with Crippen LogP contribution in [0.25, 0.3) is 0 Å². The van der Waals surface area contributed by atoms with Crippen LogP contribution in [-0.4, -0.2) is 11.0 Å². The van der Waals surface area contributed by atoms with Crippen molar-refractivity contribution in [3.8, 4) is 0 Å². The lowest BCUT2D eigenvalue weighted by molar-refractivity contribution is 0.775. The first-order valence-corrected chi connectivity index (χ1v) is 4.96. The second kappa shape index (κ2) is 3.36. The second-order valence-corrected chi connectivity index (χ2v) is 3.79. The van der Waals surface area contributed by atoms with E-state index in [0.717, 1.165) is 11.6 Å². The summed E-state index contributed by atoms with van der Waals surface area (Å²) in [5.41, 5.74) is 6.47. The molecule has 1 aromatic rings. The molecule has 1 fully saturated rings. The lowest BCUT2D eigenvalue weighted by atomic mass is 10.3. The highest BCUT2D eigenvalue weighted by Crippen LogP contribution is 2.36. The van der Waals surface area contributed by atoms with Gasteiger partial charge >= 0.3 is 0 Å². The lowest BCUT2D eigenvalue weighted by Gasteiger charge is -2.06. The monoisotopic (exact) mass is 193 g/mol. The molecule has 4 heteroatoms. The van der Waals surface area contributed by atoms with Gasteiger partial charge in [0.05, 0.1) is 5.69 Å². The Hall–Kier alpha value is -1.45. The molecule has 2 atom stereocenters. The van der Waals surface area contributed by atoms with Crippen LogP contribution in [0.5, 0.6) is 0 Å². The maximum atomic E-state index is 11.2. The molecule has 2 unspecified atom stereocenters. The summed E-state index contributed by atoms with van der Waals surface area (Å²) in [6, 6.07) is 2.31. The van der Waals surface area contributed by atoms with Crippen LogP contribution >= 0.6 is 0 Å². The maximum Gasteiger partial charge on any atom is 0.273 e. The Morgan fingerprint density at radius 3 is 3.14 bits per heavy atom. The highest BCUT2D eigenvalue weighted by atomic mass is 16.1. The van der Waals surface area contributed by atoms with Gasteiger partial charge in [-0.15, -0.1) is 0 Å². The molecule has 0 aliphatic heterocycles. The van der Waals surface area contributed by atoms with Gasteiger partial charge in [0.1, 0.15) is 5.69 Å². The van der Waals surface area contributed by atoms with Crippen molar-refractivity contribution in [2.75, 3.05) is 11.1 Å². The predicted molar refractivity (Wildman–Crippen MR) is 57.3 cm³/mol. The van der Waals surface area contributed by atoms with Crippen molar-refractivity contribution in [2.24, 2.45) is 5.92 Å². The molecule has 0 aromatic carbocycles. The van der Waals surface area contributed by atoms with E-state index in [1.165, 1.54) is 12.8 Å². The van der Waals surface area contributed by atoms with E-state index in [-0.39, 0.29) is 11.2 Å². The van der Waals surface area contributed by atoms with Gasteiger partial charge in [0.2, 0.25) is 0 Å². The Balaban J connectivity index is 2.10. The normalized spacial score (nSPS) is 24.6. The Bertz CT molecular complexity index is 385. The van der Waals surface area contributed by atoms with E-state index in [4.69, 9.17) is 5.73 Å². The van der Waals surface area contributed by atoms with E-state index in [0.29, 0.717) is 6.04 Å². The molecular formula is C10H15N3O. The number of nitrogens with one attached hydrogen (secondary N) is 2. The van der Waals surface area contributed by atoms with Crippen LogP contribution in [0.1, 0.15) is 19.8 Å². The average Bonchev–Trinajstić information content (AvgIpc) is 2.92. The van der Waals surface area contributed by atoms with Gasteiger partial charge in [-0.05, 0) is 18.4 Å². The summed E-state index contributed by atoms with van der Waals surface area (Å²) in [6.07, 6.45) is 3.98. The minimum Gasteiger partial charge on any atom is -0.393 e. The number of aromatic nitrogens is 1. The highest BCUT2D eigenvalue weighted by molar-refractivity contribution is 5.65. The van der Waals surface area contributed by atoms with Crippen molar-refractivity contribution in [1.29, 1.82) is 0 Å². The number of nitrogens with two attached hydrogens (primary N) is 1. The Morgan fingerprint density at radius 1 is 1.71 bits per heavy atom. The molecule has 0 bridgehead atoms. The third-order valence-corrected chi connectivity index (χ3v) is 2.79. The van der Waals surface area contributed by atoms with E-state index >= 15 is 0 Å². The van der Waals surface area contributed by atoms with Crippen molar-refractivity contribution in [3.63, 3.8) is 0 Å². The summed E-state index contributed by atoms with van der Waals surface area (Å²) < 4.78 is 0. The van der Waals surface area contributed by atoms with Gasteiger partial charge in [-0.2, -0.15) is 0 Å².